The molecule has 2 aromatic rings. The first-order chi connectivity index (χ1) is 10.3. The first kappa shape index (κ1) is 16.6. The Morgan fingerprint density at radius 3 is 2.59 bits per heavy atom. The van der Waals surface area contributed by atoms with E-state index in [4.69, 9.17) is 11.6 Å². The number of esters is 1. The molecule has 0 spiro atoms. The van der Waals surface area contributed by atoms with Crippen LogP contribution in [0.15, 0.2) is 24.3 Å². The van der Waals surface area contributed by atoms with Crippen molar-refractivity contribution in [2.75, 3.05) is 13.2 Å². The predicted octanol–water partition coefficient (Wildman–Crippen LogP) is 3.39. The number of carbonyl (C=O) groups is 2. The maximum atomic E-state index is 11.9. The van der Waals surface area contributed by atoms with Gasteiger partial charge in [0.2, 0.25) is 0 Å². The third-order valence-corrected chi connectivity index (χ3v) is 4.20. The maximum absolute atomic E-state index is 11.9. The van der Waals surface area contributed by atoms with Gasteiger partial charge >= 0.3 is 12.1 Å². The molecule has 2 rings (SSSR count). The number of nitrogens with one attached hydrogen (secondary N) is 1. The molecule has 1 aromatic carbocycles. The average molecular weight is 352 g/mol. The van der Waals surface area contributed by atoms with E-state index in [0.29, 0.717) is 5.39 Å². The van der Waals surface area contributed by atoms with Crippen LogP contribution in [0.25, 0.3) is 10.1 Å². The number of rotatable bonds is 4. The Hall–Kier alpha value is -1.80. The molecule has 0 aliphatic carbocycles. The van der Waals surface area contributed by atoms with Crippen LogP contribution >= 0.6 is 22.9 Å². The Bertz CT molecular complexity index is 714. The largest absolute Gasteiger partial charge is 0.451 e. The minimum Gasteiger partial charge on any atom is -0.451 e. The molecule has 1 heterocycles. The van der Waals surface area contributed by atoms with Gasteiger partial charge in [-0.05, 0) is 6.07 Å². The van der Waals surface area contributed by atoms with Crippen LogP contribution < -0.4 is 5.32 Å². The second-order valence-electron chi connectivity index (χ2n) is 4.21. The molecule has 0 saturated heterocycles. The first-order valence-electron chi connectivity index (χ1n) is 5.95. The summed E-state index contributed by atoms with van der Waals surface area (Å²) in [4.78, 5) is 23.1. The number of thiophene rings is 1. The van der Waals surface area contributed by atoms with Crippen molar-refractivity contribution in [2.24, 2.45) is 0 Å². The Labute approximate surface area is 131 Å². The van der Waals surface area contributed by atoms with Crippen LogP contribution in [0.5, 0.6) is 0 Å². The van der Waals surface area contributed by atoms with Gasteiger partial charge in [0, 0.05) is 10.1 Å². The molecule has 0 bridgehead atoms. The summed E-state index contributed by atoms with van der Waals surface area (Å²) >= 11 is 7.13. The number of amides is 1. The smallest absolute Gasteiger partial charge is 0.405 e. The number of hydrogen-bond acceptors (Lipinski definition) is 4. The van der Waals surface area contributed by atoms with E-state index in [0.717, 1.165) is 16.0 Å². The molecule has 0 atom stereocenters. The molecule has 1 N–H and O–H groups in total. The molecule has 4 nitrogen and oxygen atoms in total. The van der Waals surface area contributed by atoms with Crippen molar-refractivity contribution in [3.8, 4) is 0 Å². The molecule has 0 radical (unpaired) electrons. The standard InChI is InChI=1S/C13H9ClF3NO3S/c14-10-7-3-1-2-4-8(7)22-11(10)12(20)21-5-9(19)18-6-13(15,16)17/h1-4H,5-6H2,(H,18,19). The van der Waals surface area contributed by atoms with Crippen molar-refractivity contribution in [1.82, 2.24) is 5.32 Å². The normalized spacial score (nSPS) is 11.5. The van der Waals surface area contributed by atoms with E-state index >= 15 is 0 Å². The van der Waals surface area contributed by atoms with E-state index in [1.54, 1.807) is 29.6 Å². The number of fused-ring (bicyclic) bond motifs is 1. The van der Waals surface area contributed by atoms with Crippen LogP contribution in [0, 0.1) is 0 Å². The third-order valence-electron chi connectivity index (χ3n) is 2.54. The summed E-state index contributed by atoms with van der Waals surface area (Å²) in [6.45, 7) is -2.29. The van der Waals surface area contributed by atoms with E-state index in [1.807, 2.05) is 0 Å². The number of benzene rings is 1. The van der Waals surface area contributed by atoms with Crippen molar-refractivity contribution < 1.29 is 27.5 Å². The molecule has 118 valence electrons. The molecule has 0 aliphatic rings. The zero-order valence-electron chi connectivity index (χ0n) is 10.9. The highest BCUT2D eigenvalue weighted by atomic mass is 35.5. The minimum absolute atomic E-state index is 0.103. The van der Waals surface area contributed by atoms with Crippen molar-refractivity contribution in [3.63, 3.8) is 0 Å². The van der Waals surface area contributed by atoms with E-state index in [9.17, 15) is 22.8 Å². The van der Waals surface area contributed by atoms with Crippen LogP contribution in [0.4, 0.5) is 13.2 Å². The summed E-state index contributed by atoms with van der Waals surface area (Å²) in [5, 5.41) is 2.46. The molecule has 9 heteroatoms. The van der Waals surface area contributed by atoms with Gasteiger partial charge < -0.3 is 10.1 Å². The second-order valence-corrected chi connectivity index (χ2v) is 5.64. The van der Waals surface area contributed by atoms with E-state index < -0.39 is 31.2 Å². The lowest BCUT2D eigenvalue weighted by Crippen LogP contribution is -2.36. The Morgan fingerprint density at radius 1 is 1.27 bits per heavy atom. The van der Waals surface area contributed by atoms with E-state index in [2.05, 4.69) is 4.74 Å². The molecular weight excluding hydrogens is 343 g/mol. The molecular formula is C13H9ClF3NO3S. The first-order valence-corrected chi connectivity index (χ1v) is 7.15. The quantitative estimate of drug-likeness (QED) is 0.859. The van der Waals surface area contributed by atoms with Gasteiger partial charge in [-0.25, -0.2) is 4.79 Å². The van der Waals surface area contributed by atoms with Crippen LogP contribution in [-0.2, 0) is 9.53 Å². The SMILES string of the molecule is O=C(COC(=O)c1sc2ccccc2c1Cl)NCC(F)(F)F. The molecule has 22 heavy (non-hydrogen) atoms. The fourth-order valence-corrected chi connectivity index (χ4v) is 2.99. The fraction of sp³-hybridized carbons (Fsp3) is 0.231. The van der Waals surface area contributed by atoms with Gasteiger partial charge in [-0.3, -0.25) is 4.79 Å². The topological polar surface area (TPSA) is 55.4 Å². The lowest BCUT2D eigenvalue weighted by Gasteiger charge is -2.08. The highest BCUT2D eigenvalue weighted by Crippen LogP contribution is 2.35. The minimum atomic E-state index is -4.52. The Kier molecular flexibility index (Phi) is 4.92. The van der Waals surface area contributed by atoms with Gasteiger partial charge in [0.25, 0.3) is 5.91 Å². The molecule has 0 fully saturated rings. The van der Waals surface area contributed by atoms with Crippen LogP contribution in [0.3, 0.4) is 0 Å². The number of alkyl halides is 3. The van der Waals surface area contributed by atoms with Gasteiger partial charge in [0.1, 0.15) is 11.4 Å². The van der Waals surface area contributed by atoms with Crippen LogP contribution in [0.2, 0.25) is 5.02 Å². The van der Waals surface area contributed by atoms with Gasteiger partial charge in [-0.15, -0.1) is 11.3 Å². The molecule has 0 aliphatic heterocycles. The van der Waals surface area contributed by atoms with Crippen molar-refractivity contribution in [3.05, 3.63) is 34.2 Å². The summed E-state index contributed by atoms with van der Waals surface area (Å²) < 4.78 is 41.2. The van der Waals surface area contributed by atoms with Crippen LogP contribution in [0.1, 0.15) is 9.67 Å². The van der Waals surface area contributed by atoms with Crippen molar-refractivity contribution in [2.45, 2.75) is 6.18 Å². The third kappa shape index (κ3) is 4.11. The monoisotopic (exact) mass is 351 g/mol. The lowest BCUT2D eigenvalue weighted by molar-refractivity contribution is -0.140. The molecule has 0 saturated carbocycles. The van der Waals surface area contributed by atoms with E-state index in [-0.39, 0.29) is 9.90 Å². The zero-order chi connectivity index (χ0) is 16.3. The van der Waals surface area contributed by atoms with Crippen molar-refractivity contribution in [1.29, 1.82) is 0 Å². The fourth-order valence-electron chi connectivity index (χ4n) is 1.59. The van der Waals surface area contributed by atoms with Crippen molar-refractivity contribution >= 4 is 44.9 Å². The lowest BCUT2D eigenvalue weighted by atomic mass is 10.2. The second kappa shape index (κ2) is 6.53. The number of halogens is 4. The maximum Gasteiger partial charge on any atom is 0.405 e. The highest BCUT2D eigenvalue weighted by Gasteiger charge is 2.28. The highest BCUT2D eigenvalue weighted by molar-refractivity contribution is 7.21. The van der Waals surface area contributed by atoms with Crippen LogP contribution in [-0.4, -0.2) is 31.2 Å². The summed E-state index contributed by atoms with van der Waals surface area (Å²) in [5.41, 5.74) is 0. The summed E-state index contributed by atoms with van der Waals surface area (Å²) in [6.07, 6.45) is -4.52. The summed E-state index contributed by atoms with van der Waals surface area (Å²) in [5.74, 6) is -1.89. The average Bonchev–Trinajstić information content (AvgIpc) is 2.80. The van der Waals surface area contributed by atoms with Gasteiger partial charge in [0.05, 0.1) is 5.02 Å². The van der Waals surface area contributed by atoms with Gasteiger partial charge in [-0.1, -0.05) is 29.8 Å². The number of hydrogen-bond donors (Lipinski definition) is 1. The predicted molar refractivity (Wildman–Crippen MR) is 76.2 cm³/mol. The van der Waals surface area contributed by atoms with Gasteiger partial charge in [0.15, 0.2) is 6.61 Å². The molecule has 1 aromatic heterocycles. The summed E-state index contributed by atoms with van der Waals surface area (Å²) in [7, 11) is 0. The Balaban J connectivity index is 1.97. The Morgan fingerprint density at radius 2 is 1.95 bits per heavy atom. The number of ether oxygens (including phenoxy) is 1. The summed E-state index contributed by atoms with van der Waals surface area (Å²) in [6, 6.07) is 7.01. The molecule has 0 unspecified atom stereocenters. The zero-order valence-corrected chi connectivity index (χ0v) is 12.4. The van der Waals surface area contributed by atoms with E-state index in [1.165, 1.54) is 0 Å². The molecule has 1 amide bonds. The van der Waals surface area contributed by atoms with Gasteiger partial charge in [-0.2, -0.15) is 13.2 Å². The number of carbonyl (C=O) groups excluding carboxylic acids is 2.